The highest BCUT2D eigenvalue weighted by atomic mass is 19.1. The number of aliphatic hydroxyl groups is 2. The summed E-state index contributed by atoms with van der Waals surface area (Å²) >= 11 is 0. The van der Waals surface area contributed by atoms with E-state index in [9.17, 15) is 14.6 Å². The zero-order valence-corrected chi connectivity index (χ0v) is 12.8. The second-order valence-electron chi connectivity index (χ2n) is 5.59. The van der Waals surface area contributed by atoms with Crippen LogP contribution in [0.1, 0.15) is 20.1 Å². The van der Waals surface area contributed by atoms with Gasteiger partial charge in [0.05, 0.1) is 12.9 Å². The van der Waals surface area contributed by atoms with E-state index in [0.717, 1.165) is 0 Å². The van der Waals surface area contributed by atoms with E-state index in [1.54, 1.807) is 0 Å². The van der Waals surface area contributed by atoms with Crippen LogP contribution in [-0.4, -0.2) is 60.8 Å². The molecule has 3 rings (SSSR count). The first-order valence-electron chi connectivity index (χ1n) is 7.27. The third kappa shape index (κ3) is 2.38. The summed E-state index contributed by atoms with van der Waals surface area (Å²) in [7, 11) is 0. The SMILES string of the molecule is CCNc1nc(N)nc2c1ncn2C1OC(CO)C(O)C1(C)F. The van der Waals surface area contributed by atoms with Crippen molar-refractivity contribution in [2.45, 2.75) is 38.0 Å². The number of nitrogens with two attached hydrogens (primary N) is 1. The molecule has 2 aromatic heterocycles. The van der Waals surface area contributed by atoms with Crippen molar-refractivity contribution in [2.24, 2.45) is 0 Å². The van der Waals surface area contributed by atoms with Crippen molar-refractivity contribution in [3.8, 4) is 0 Å². The van der Waals surface area contributed by atoms with Crippen LogP contribution in [-0.2, 0) is 4.74 Å². The van der Waals surface area contributed by atoms with E-state index in [1.807, 2.05) is 6.92 Å². The fraction of sp³-hybridized carbons (Fsp3) is 0.615. The summed E-state index contributed by atoms with van der Waals surface area (Å²) in [6.45, 7) is 3.20. The Balaban J connectivity index is 2.10. The predicted molar refractivity (Wildman–Crippen MR) is 80.4 cm³/mol. The van der Waals surface area contributed by atoms with Gasteiger partial charge in [-0.15, -0.1) is 0 Å². The number of aliphatic hydroxyl groups excluding tert-OH is 2. The lowest BCUT2D eigenvalue weighted by atomic mass is 9.98. The van der Waals surface area contributed by atoms with Gasteiger partial charge in [-0.05, 0) is 13.8 Å². The first-order chi connectivity index (χ1) is 10.9. The number of nitrogen functional groups attached to an aromatic ring is 1. The Morgan fingerprint density at radius 1 is 1.52 bits per heavy atom. The number of anilines is 2. The first-order valence-corrected chi connectivity index (χ1v) is 7.27. The highest BCUT2D eigenvalue weighted by Crippen LogP contribution is 2.42. The van der Waals surface area contributed by atoms with E-state index < -0.39 is 30.7 Å². The molecule has 1 saturated heterocycles. The van der Waals surface area contributed by atoms with Crippen molar-refractivity contribution < 1.29 is 19.3 Å². The molecule has 0 aromatic carbocycles. The van der Waals surface area contributed by atoms with E-state index in [-0.39, 0.29) is 11.6 Å². The van der Waals surface area contributed by atoms with Crippen molar-refractivity contribution in [3.63, 3.8) is 0 Å². The monoisotopic (exact) mass is 326 g/mol. The molecule has 0 spiro atoms. The molecule has 4 unspecified atom stereocenters. The van der Waals surface area contributed by atoms with Crippen LogP contribution in [0.15, 0.2) is 6.33 Å². The van der Waals surface area contributed by atoms with Gasteiger partial charge in [-0.2, -0.15) is 9.97 Å². The summed E-state index contributed by atoms with van der Waals surface area (Å²) in [4.78, 5) is 12.4. The fourth-order valence-electron chi connectivity index (χ4n) is 2.76. The summed E-state index contributed by atoms with van der Waals surface area (Å²) in [6, 6.07) is 0. The fourth-order valence-corrected chi connectivity index (χ4v) is 2.76. The van der Waals surface area contributed by atoms with Crippen LogP contribution in [0.2, 0.25) is 0 Å². The maximum atomic E-state index is 14.9. The standard InChI is InChI=1S/C13H19FN6O3/c1-3-16-9-7-10(19-12(15)18-9)20(5-17-7)11-13(2,14)8(22)6(4-21)23-11/h5-6,8,11,21-22H,3-4H2,1-2H3,(H3,15,16,18,19). The molecule has 5 N–H and O–H groups in total. The molecule has 0 amide bonds. The average molecular weight is 326 g/mol. The van der Waals surface area contributed by atoms with Gasteiger partial charge in [-0.1, -0.05) is 0 Å². The number of nitrogens with one attached hydrogen (secondary N) is 1. The molecule has 1 aliphatic rings. The second kappa shape index (κ2) is 5.55. The van der Waals surface area contributed by atoms with Gasteiger partial charge in [0, 0.05) is 6.54 Å². The molecule has 23 heavy (non-hydrogen) atoms. The van der Waals surface area contributed by atoms with Gasteiger partial charge in [0.1, 0.15) is 12.2 Å². The minimum absolute atomic E-state index is 0.00742. The number of ether oxygens (including phenoxy) is 1. The van der Waals surface area contributed by atoms with Gasteiger partial charge in [-0.25, -0.2) is 9.37 Å². The zero-order valence-electron chi connectivity index (χ0n) is 12.8. The highest BCUT2D eigenvalue weighted by molar-refractivity contribution is 5.84. The molecule has 0 aliphatic carbocycles. The quantitative estimate of drug-likeness (QED) is 0.608. The molecule has 0 bridgehead atoms. The molecule has 1 fully saturated rings. The van der Waals surface area contributed by atoms with Gasteiger partial charge in [0.15, 0.2) is 28.9 Å². The Morgan fingerprint density at radius 2 is 2.26 bits per heavy atom. The molecule has 4 atom stereocenters. The summed E-state index contributed by atoms with van der Waals surface area (Å²) in [6.07, 6.45) is -2.33. The van der Waals surface area contributed by atoms with Gasteiger partial charge in [0.25, 0.3) is 0 Å². The minimum Gasteiger partial charge on any atom is -0.394 e. The number of halogens is 1. The molecule has 0 radical (unpaired) electrons. The van der Waals surface area contributed by atoms with Crippen molar-refractivity contribution in [2.75, 3.05) is 24.2 Å². The largest absolute Gasteiger partial charge is 0.394 e. The molecule has 126 valence electrons. The van der Waals surface area contributed by atoms with Crippen LogP contribution >= 0.6 is 0 Å². The first kappa shape index (κ1) is 15.8. The zero-order chi connectivity index (χ0) is 16.8. The van der Waals surface area contributed by atoms with Crippen molar-refractivity contribution >= 4 is 22.9 Å². The van der Waals surface area contributed by atoms with E-state index in [2.05, 4.69) is 20.3 Å². The van der Waals surface area contributed by atoms with Crippen LogP contribution < -0.4 is 11.1 Å². The van der Waals surface area contributed by atoms with E-state index >= 15 is 0 Å². The minimum atomic E-state index is -2.13. The molecule has 2 aromatic rings. The Bertz CT molecular complexity index is 721. The maximum absolute atomic E-state index is 14.9. The van der Waals surface area contributed by atoms with Gasteiger partial charge in [0.2, 0.25) is 5.95 Å². The van der Waals surface area contributed by atoms with E-state index in [0.29, 0.717) is 17.9 Å². The maximum Gasteiger partial charge on any atom is 0.224 e. The van der Waals surface area contributed by atoms with Gasteiger partial charge >= 0.3 is 0 Å². The van der Waals surface area contributed by atoms with Crippen LogP contribution in [0.4, 0.5) is 16.2 Å². The lowest BCUT2D eigenvalue weighted by Gasteiger charge is -2.24. The molecule has 3 heterocycles. The van der Waals surface area contributed by atoms with Gasteiger partial charge < -0.3 is 26.0 Å². The number of nitrogens with zero attached hydrogens (tertiary/aromatic N) is 4. The number of rotatable bonds is 4. The number of aromatic nitrogens is 4. The number of hydrogen-bond acceptors (Lipinski definition) is 8. The van der Waals surface area contributed by atoms with Crippen LogP contribution in [0.5, 0.6) is 0 Å². The number of fused-ring (bicyclic) bond motifs is 1. The molecule has 1 aliphatic heterocycles. The molecule has 0 saturated carbocycles. The Kier molecular flexibility index (Phi) is 3.82. The van der Waals surface area contributed by atoms with Crippen molar-refractivity contribution in [1.29, 1.82) is 0 Å². The summed E-state index contributed by atoms with van der Waals surface area (Å²) in [5.74, 6) is 0.444. The third-order valence-corrected chi connectivity index (χ3v) is 3.93. The Labute approximate surface area is 131 Å². The topological polar surface area (TPSA) is 131 Å². The van der Waals surface area contributed by atoms with Crippen molar-refractivity contribution in [3.05, 3.63) is 6.33 Å². The Morgan fingerprint density at radius 3 is 2.87 bits per heavy atom. The van der Waals surface area contributed by atoms with Crippen LogP contribution in [0.25, 0.3) is 11.2 Å². The lowest BCUT2D eigenvalue weighted by molar-refractivity contribution is -0.0566. The van der Waals surface area contributed by atoms with Crippen molar-refractivity contribution in [1.82, 2.24) is 19.5 Å². The van der Waals surface area contributed by atoms with Gasteiger partial charge in [-0.3, -0.25) is 4.57 Å². The number of imidazole rings is 1. The highest BCUT2D eigenvalue weighted by Gasteiger charge is 2.55. The lowest BCUT2D eigenvalue weighted by Crippen LogP contribution is -2.40. The average Bonchev–Trinajstić information content (AvgIpc) is 3.00. The summed E-state index contributed by atoms with van der Waals surface area (Å²) < 4.78 is 21.7. The summed E-state index contributed by atoms with van der Waals surface area (Å²) in [5, 5.41) is 22.2. The Hall–Kier alpha value is -2.04. The molecule has 10 heteroatoms. The van der Waals surface area contributed by atoms with Crippen LogP contribution in [0.3, 0.4) is 0 Å². The summed E-state index contributed by atoms with van der Waals surface area (Å²) in [5.41, 5.74) is 4.28. The second-order valence-corrected chi connectivity index (χ2v) is 5.59. The third-order valence-electron chi connectivity index (χ3n) is 3.93. The smallest absolute Gasteiger partial charge is 0.224 e. The predicted octanol–water partition coefficient (Wildman–Crippen LogP) is -0.181. The number of hydrogen-bond donors (Lipinski definition) is 4. The molecular formula is C13H19FN6O3. The number of alkyl halides is 1. The van der Waals surface area contributed by atoms with Crippen LogP contribution in [0, 0.1) is 0 Å². The van der Waals surface area contributed by atoms with E-state index in [4.69, 9.17) is 10.5 Å². The normalized spacial score (nSPS) is 30.9. The molecule has 9 nitrogen and oxygen atoms in total. The molecular weight excluding hydrogens is 307 g/mol. The van der Waals surface area contributed by atoms with E-state index in [1.165, 1.54) is 17.8 Å².